The van der Waals surface area contributed by atoms with E-state index >= 15 is 0 Å². The van der Waals surface area contributed by atoms with E-state index in [1.165, 1.54) is 0 Å². The SMILES string of the molecule is CCCNc1ccc(-c2cc(NC[C@@H](C)c3ccc(C(=O)NC)cc3OC)ncn2)cn1. The lowest BCUT2D eigenvalue weighted by Gasteiger charge is -2.17. The predicted molar refractivity (Wildman–Crippen MR) is 127 cm³/mol. The van der Waals surface area contributed by atoms with Gasteiger partial charge in [-0.1, -0.05) is 19.9 Å². The summed E-state index contributed by atoms with van der Waals surface area (Å²) in [6.07, 6.45) is 4.41. The maximum atomic E-state index is 11.9. The molecule has 0 aliphatic carbocycles. The van der Waals surface area contributed by atoms with E-state index in [4.69, 9.17) is 4.74 Å². The average molecular weight is 435 g/mol. The number of methoxy groups -OCH3 is 1. The number of ether oxygens (including phenoxy) is 1. The maximum absolute atomic E-state index is 11.9. The van der Waals surface area contributed by atoms with Gasteiger partial charge in [-0.15, -0.1) is 0 Å². The van der Waals surface area contributed by atoms with Crippen LogP contribution < -0.4 is 20.7 Å². The van der Waals surface area contributed by atoms with Gasteiger partial charge in [0.15, 0.2) is 0 Å². The van der Waals surface area contributed by atoms with E-state index in [0.717, 1.165) is 41.4 Å². The molecular weight excluding hydrogens is 404 g/mol. The Hall–Kier alpha value is -3.68. The molecule has 0 unspecified atom stereocenters. The summed E-state index contributed by atoms with van der Waals surface area (Å²) in [5.41, 5.74) is 3.31. The monoisotopic (exact) mass is 434 g/mol. The number of carbonyl (C=O) groups excluding carboxylic acids is 1. The first-order valence-electron chi connectivity index (χ1n) is 10.7. The molecule has 0 aliphatic heterocycles. The molecule has 0 saturated carbocycles. The number of rotatable bonds is 10. The van der Waals surface area contributed by atoms with Crippen LogP contribution in [-0.2, 0) is 0 Å². The quantitative estimate of drug-likeness (QED) is 0.444. The number of carbonyl (C=O) groups is 1. The molecule has 8 heteroatoms. The number of benzene rings is 1. The number of amides is 1. The summed E-state index contributed by atoms with van der Waals surface area (Å²) in [5, 5.41) is 9.27. The van der Waals surface area contributed by atoms with Gasteiger partial charge in [-0.3, -0.25) is 4.79 Å². The number of anilines is 2. The van der Waals surface area contributed by atoms with Crippen LogP contribution in [0.5, 0.6) is 5.75 Å². The summed E-state index contributed by atoms with van der Waals surface area (Å²) in [6, 6.07) is 11.4. The van der Waals surface area contributed by atoms with E-state index in [1.54, 1.807) is 26.6 Å². The Morgan fingerprint density at radius 3 is 2.59 bits per heavy atom. The molecule has 0 saturated heterocycles. The van der Waals surface area contributed by atoms with Gasteiger partial charge >= 0.3 is 0 Å². The zero-order valence-electron chi connectivity index (χ0n) is 19.0. The van der Waals surface area contributed by atoms with Gasteiger partial charge in [0.1, 0.15) is 23.7 Å². The lowest BCUT2D eigenvalue weighted by Crippen LogP contribution is -2.18. The predicted octanol–water partition coefficient (Wildman–Crippen LogP) is 3.94. The first kappa shape index (κ1) is 23.0. The number of pyridine rings is 1. The molecule has 2 heterocycles. The van der Waals surface area contributed by atoms with E-state index in [1.807, 2.05) is 36.5 Å². The second-order valence-electron chi connectivity index (χ2n) is 7.47. The van der Waals surface area contributed by atoms with Crippen LogP contribution in [0.4, 0.5) is 11.6 Å². The van der Waals surface area contributed by atoms with Gasteiger partial charge in [-0.05, 0) is 36.2 Å². The largest absolute Gasteiger partial charge is 0.496 e. The molecule has 3 aromatic rings. The Morgan fingerprint density at radius 2 is 1.91 bits per heavy atom. The Labute approximate surface area is 188 Å². The number of nitrogens with one attached hydrogen (secondary N) is 3. The number of nitrogens with zero attached hydrogens (tertiary/aromatic N) is 3. The maximum Gasteiger partial charge on any atom is 0.251 e. The minimum Gasteiger partial charge on any atom is -0.496 e. The van der Waals surface area contributed by atoms with Crippen LogP contribution in [0.3, 0.4) is 0 Å². The molecule has 3 rings (SSSR count). The van der Waals surface area contributed by atoms with Gasteiger partial charge < -0.3 is 20.7 Å². The molecule has 1 amide bonds. The molecule has 0 radical (unpaired) electrons. The van der Waals surface area contributed by atoms with E-state index in [0.29, 0.717) is 17.9 Å². The van der Waals surface area contributed by atoms with Crippen LogP contribution in [0.25, 0.3) is 11.3 Å². The first-order valence-corrected chi connectivity index (χ1v) is 10.7. The molecule has 168 valence electrons. The van der Waals surface area contributed by atoms with Crippen LogP contribution in [0.15, 0.2) is 48.9 Å². The van der Waals surface area contributed by atoms with Crippen molar-refractivity contribution in [3.8, 4) is 17.0 Å². The normalized spacial score (nSPS) is 11.5. The first-order chi connectivity index (χ1) is 15.5. The standard InChI is InChI=1S/C24H30N6O2/c1-5-10-26-22-9-7-18(14-28-22)20-12-23(30-15-29-20)27-13-16(2)19-8-6-17(24(31)25-3)11-21(19)32-4/h6-9,11-12,14-16H,5,10,13H2,1-4H3,(H,25,31)(H,26,28)(H,27,29,30)/t16-/m1/s1. The van der Waals surface area contributed by atoms with Crippen LogP contribution in [-0.4, -0.2) is 48.1 Å². The highest BCUT2D eigenvalue weighted by atomic mass is 16.5. The summed E-state index contributed by atoms with van der Waals surface area (Å²) < 4.78 is 5.52. The third-order valence-corrected chi connectivity index (χ3v) is 5.13. The molecule has 0 spiro atoms. The molecule has 2 aromatic heterocycles. The zero-order chi connectivity index (χ0) is 22.9. The van der Waals surface area contributed by atoms with Crippen LogP contribution in [0.1, 0.15) is 42.1 Å². The Balaban J connectivity index is 1.68. The molecule has 1 atom stereocenters. The van der Waals surface area contributed by atoms with Crippen molar-refractivity contribution in [1.82, 2.24) is 20.3 Å². The van der Waals surface area contributed by atoms with Crippen molar-refractivity contribution < 1.29 is 9.53 Å². The lowest BCUT2D eigenvalue weighted by atomic mass is 9.98. The Bertz CT molecular complexity index is 1040. The van der Waals surface area contributed by atoms with Gasteiger partial charge in [0.25, 0.3) is 5.91 Å². The molecule has 0 bridgehead atoms. The fourth-order valence-electron chi connectivity index (χ4n) is 3.29. The third-order valence-electron chi connectivity index (χ3n) is 5.13. The van der Waals surface area contributed by atoms with Crippen molar-refractivity contribution in [3.05, 3.63) is 60.0 Å². The Kier molecular flexibility index (Phi) is 7.96. The van der Waals surface area contributed by atoms with Crippen LogP contribution >= 0.6 is 0 Å². The molecular formula is C24H30N6O2. The minimum atomic E-state index is -0.141. The molecule has 3 N–H and O–H groups in total. The fraction of sp³-hybridized carbons (Fsp3) is 0.333. The van der Waals surface area contributed by atoms with Crippen LogP contribution in [0, 0.1) is 0 Å². The zero-order valence-corrected chi connectivity index (χ0v) is 19.0. The van der Waals surface area contributed by atoms with Crippen molar-refractivity contribution >= 4 is 17.5 Å². The van der Waals surface area contributed by atoms with E-state index in [-0.39, 0.29) is 11.8 Å². The second-order valence-corrected chi connectivity index (χ2v) is 7.47. The smallest absolute Gasteiger partial charge is 0.251 e. The minimum absolute atomic E-state index is 0.132. The van der Waals surface area contributed by atoms with Gasteiger partial charge in [0, 0.05) is 49.4 Å². The highest BCUT2D eigenvalue weighted by Gasteiger charge is 2.15. The number of hydrogen-bond donors (Lipinski definition) is 3. The van der Waals surface area contributed by atoms with Crippen molar-refractivity contribution in [2.45, 2.75) is 26.2 Å². The summed E-state index contributed by atoms with van der Waals surface area (Å²) in [5.74, 6) is 2.27. The van der Waals surface area contributed by atoms with Gasteiger partial charge in [-0.25, -0.2) is 15.0 Å². The average Bonchev–Trinajstić information content (AvgIpc) is 2.85. The van der Waals surface area contributed by atoms with Gasteiger partial charge in [0.05, 0.1) is 12.8 Å². The van der Waals surface area contributed by atoms with Gasteiger partial charge in [0.2, 0.25) is 0 Å². The topological polar surface area (TPSA) is 101 Å². The van der Waals surface area contributed by atoms with Gasteiger partial charge in [-0.2, -0.15) is 0 Å². The van der Waals surface area contributed by atoms with E-state index < -0.39 is 0 Å². The third kappa shape index (κ3) is 5.72. The Morgan fingerprint density at radius 1 is 1.06 bits per heavy atom. The highest BCUT2D eigenvalue weighted by molar-refractivity contribution is 5.94. The summed E-state index contributed by atoms with van der Waals surface area (Å²) in [7, 11) is 3.22. The number of aromatic nitrogens is 3. The molecule has 8 nitrogen and oxygen atoms in total. The molecule has 32 heavy (non-hydrogen) atoms. The fourth-order valence-corrected chi connectivity index (χ4v) is 3.29. The lowest BCUT2D eigenvalue weighted by molar-refractivity contribution is 0.0962. The summed E-state index contributed by atoms with van der Waals surface area (Å²) >= 11 is 0. The second kappa shape index (κ2) is 11.1. The van der Waals surface area contributed by atoms with Crippen molar-refractivity contribution in [2.75, 3.05) is 37.9 Å². The molecule has 0 fully saturated rings. The molecule has 0 aliphatic rings. The van der Waals surface area contributed by atoms with Crippen molar-refractivity contribution in [3.63, 3.8) is 0 Å². The highest BCUT2D eigenvalue weighted by Crippen LogP contribution is 2.28. The van der Waals surface area contributed by atoms with Crippen molar-refractivity contribution in [2.24, 2.45) is 0 Å². The summed E-state index contributed by atoms with van der Waals surface area (Å²) in [6.45, 7) is 5.75. The van der Waals surface area contributed by atoms with Crippen LogP contribution in [0.2, 0.25) is 0 Å². The molecule has 1 aromatic carbocycles. The summed E-state index contributed by atoms with van der Waals surface area (Å²) in [4.78, 5) is 25.1. The van der Waals surface area contributed by atoms with E-state index in [9.17, 15) is 4.79 Å². The van der Waals surface area contributed by atoms with E-state index in [2.05, 4.69) is 44.7 Å². The number of hydrogen-bond acceptors (Lipinski definition) is 7. The van der Waals surface area contributed by atoms with Crippen molar-refractivity contribution in [1.29, 1.82) is 0 Å².